The van der Waals surface area contributed by atoms with Crippen molar-refractivity contribution < 1.29 is 13.2 Å². The normalized spacial score (nSPS) is 11.1. The van der Waals surface area contributed by atoms with Crippen LogP contribution in [0.4, 0.5) is 5.69 Å². The molecule has 7 heteroatoms. The van der Waals surface area contributed by atoms with Gasteiger partial charge in [-0.3, -0.25) is 4.79 Å². The van der Waals surface area contributed by atoms with Crippen LogP contribution in [0.25, 0.3) is 11.1 Å². The molecule has 0 unspecified atom stereocenters. The summed E-state index contributed by atoms with van der Waals surface area (Å²) in [5, 5.41) is 3.25. The quantitative estimate of drug-likeness (QED) is 0.298. The number of benzene rings is 4. The molecule has 172 valence electrons. The minimum absolute atomic E-state index is 0.0197. The Morgan fingerprint density at radius 1 is 0.765 bits per heavy atom. The summed E-state index contributed by atoms with van der Waals surface area (Å²) in [7, 11) is -4.00. The van der Waals surface area contributed by atoms with Gasteiger partial charge in [0.25, 0.3) is 15.9 Å². The van der Waals surface area contributed by atoms with E-state index in [1.54, 1.807) is 36.4 Å². The topological polar surface area (TPSA) is 75.3 Å². The third-order valence-electron chi connectivity index (χ3n) is 5.33. The van der Waals surface area contributed by atoms with Crippen LogP contribution < -0.4 is 10.0 Å². The molecule has 4 aromatic carbocycles. The maximum Gasteiger partial charge on any atom is 0.264 e. The second-order valence-corrected chi connectivity index (χ2v) is 10.5. The number of sulfonamides is 1. The van der Waals surface area contributed by atoms with Crippen molar-refractivity contribution in [2.24, 2.45) is 0 Å². The first-order valence-corrected chi connectivity index (χ1v) is 12.9. The average Bonchev–Trinajstić information content (AvgIpc) is 2.84. The van der Waals surface area contributed by atoms with E-state index in [-0.39, 0.29) is 10.5 Å². The van der Waals surface area contributed by atoms with Crippen molar-refractivity contribution >= 4 is 37.5 Å². The molecule has 0 aromatic heterocycles. The van der Waals surface area contributed by atoms with Gasteiger partial charge < -0.3 is 5.32 Å². The molecule has 0 fully saturated rings. The number of nitrogens with one attached hydrogen (secondary N) is 2. The second kappa shape index (κ2) is 10.2. The Labute approximate surface area is 208 Å². The van der Waals surface area contributed by atoms with Crippen molar-refractivity contribution in [2.45, 2.75) is 18.4 Å². The Morgan fingerprint density at radius 3 is 1.91 bits per heavy atom. The minimum Gasteiger partial charge on any atom is -0.381 e. The highest BCUT2D eigenvalue weighted by atomic mass is 79.9. The fraction of sp³-hybridized carbons (Fsp3) is 0.0741. The molecule has 4 rings (SSSR count). The monoisotopic (exact) mass is 534 g/mol. The molecule has 4 aromatic rings. The lowest BCUT2D eigenvalue weighted by Crippen LogP contribution is -2.30. The van der Waals surface area contributed by atoms with Gasteiger partial charge in [-0.1, -0.05) is 70.0 Å². The molecule has 0 bridgehead atoms. The Balaban J connectivity index is 1.39. The zero-order valence-electron chi connectivity index (χ0n) is 18.5. The Hall–Kier alpha value is -3.42. The lowest BCUT2D eigenvalue weighted by Gasteiger charge is -2.10. The molecule has 0 aliphatic heterocycles. The summed E-state index contributed by atoms with van der Waals surface area (Å²) in [5.41, 5.74) is 5.29. The molecular formula is C27H23BrN2O3S. The van der Waals surface area contributed by atoms with Crippen molar-refractivity contribution in [3.8, 4) is 11.1 Å². The Bertz CT molecular complexity index is 1380. The number of rotatable bonds is 7. The summed E-state index contributed by atoms with van der Waals surface area (Å²) in [4.78, 5) is 12.6. The van der Waals surface area contributed by atoms with Gasteiger partial charge in [0.2, 0.25) is 0 Å². The molecule has 1 amide bonds. The van der Waals surface area contributed by atoms with Crippen molar-refractivity contribution in [1.29, 1.82) is 0 Å². The molecule has 5 nitrogen and oxygen atoms in total. The van der Waals surface area contributed by atoms with E-state index >= 15 is 0 Å². The van der Waals surface area contributed by atoms with Crippen LogP contribution in [0, 0.1) is 6.92 Å². The van der Waals surface area contributed by atoms with Crippen LogP contribution in [0.15, 0.2) is 106 Å². The first kappa shape index (κ1) is 23.7. The number of carbonyl (C=O) groups is 1. The summed E-state index contributed by atoms with van der Waals surface area (Å²) in [6.45, 7) is 2.63. The molecule has 0 radical (unpaired) electrons. The van der Waals surface area contributed by atoms with Crippen LogP contribution in [0.2, 0.25) is 0 Å². The van der Waals surface area contributed by atoms with Crippen LogP contribution in [-0.4, -0.2) is 14.3 Å². The molecule has 0 spiro atoms. The van der Waals surface area contributed by atoms with E-state index in [0.29, 0.717) is 6.54 Å². The van der Waals surface area contributed by atoms with Crippen LogP contribution in [0.3, 0.4) is 0 Å². The fourth-order valence-electron chi connectivity index (χ4n) is 3.36. The molecule has 0 aliphatic rings. The SMILES string of the molecule is Cc1ccc(-c2ccc(C(=O)NS(=O)(=O)c3ccc(NCc4ccc(Br)cc4)cc3)cc2)cc1. The summed E-state index contributed by atoms with van der Waals surface area (Å²) >= 11 is 3.41. The highest BCUT2D eigenvalue weighted by Crippen LogP contribution is 2.21. The van der Waals surface area contributed by atoms with E-state index in [9.17, 15) is 13.2 Å². The van der Waals surface area contributed by atoms with Crippen LogP contribution in [0.5, 0.6) is 0 Å². The van der Waals surface area contributed by atoms with E-state index in [0.717, 1.165) is 26.9 Å². The van der Waals surface area contributed by atoms with Crippen molar-refractivity contribution in [1.82, 2.24) is 4.72 Å². The molecule has 0 atom stereocenters. The smallest absolute Gasteiger partial charge is 0.264 e. The number of hydrogen-bond donors (Lipinski definition) is 2. The summed E-state index contributed by atoms with van der Waals surface area (Å²) in [5.74, 6) is -0.673. The lowest BCUT2D eigenvalue weighted by atomic mass is 10.0. The Kier molecular flexibility index (Phi) is 7.14. The first-order chi connectivity index (χ1) is 16.3. The standard InChI is InChI=1S/C27H23BrN2O3S/c1-19-2-6-21(7-3-19)22-8-10-23(11-9-22)27(31)30-34(32,33)26-16-14-25(15-17-26)29-18-20-4-12-24(28)13-5-20/h2-17,29H,18H2,1H3,(H,30,31). The maximum atomic E-state index is 12.7. The number of carbonyl (C=O) groups excluding carboxylic acids is 1. The van der Waals surface area contributed by atoms with Gasteiger partial charge in [0.1, 0.15) is 0 Å². The number of amides is 1. The van der Waals surface area contributed by atoms with Gasteiger partial charge in [0.15, 0.2) is 0 Å². The summed E-state index contributed by atoms with van der Waals surface area (Å²) in [6, 6.07) is 29.1. The van der Waals surface area contributed by atoms with E-state index in [1.807, 2.05) is 55.5 Å². The predicted molar refractivity (Wildman–Crippen MR) is 139 cm³/mol. The highest BCUT2D eigenvalue weighted by molar-refractivity contribution is 9.10. The highest BCUT2D eigenvalue weighted by Gasteiger charge is 2.18. The molecule has 0 heterocycles. The zero-order chi connectivity index (χ0) is 24.1. The number of aryl methyl sites for hydroxylation is 1. The Morgan fingerprint density at radius 2 is 1.32 bits per heavy atom. The van der Waals surface area contributed by atoms with Gasteiger partial charge in [-0.25, -0.2) is 13.1 Å². The second-order valence-electron chi connectivity index (χ2n) is 7.88. The van der Waals surface area contributed by atoms with Crippen molar-refractivity contribution in [2.75, 3.05) is 5.32 Å². The van der Waals surface area contributed by atoms with Gasteiger partial charge in [-0.2, -0.15) is 0 Å². The molecule has 0 saturated heterocycles. The molecule has 34 heavy (non-hydrogen) atoms. The molecule has 2 N–H and O–H groups in total. The van der Waals surface area contributed by atoms with Crippen LogP contribution >= 0.6 is 15.9 Å². The number of anilines is 1. The number of hydrogen-bond acceptors (Lipinski definition) is 4. The first-order valence-electron chi connectivity index (χ1n) is 10.6. The van der Waals surface area contributed by atoms with Gasteiger partial charge in [0, 0.05) is 22.3 Å². The average molecular weight is 535 g/mol. The maximum absolute atomic E-state index is 12.7. The fourth-order valence-corrected chi connectivity index (χ4v) is 4.60. The van der Waals surface area contributed by atoms with Gasteiger partial charge in [-0.15, -0.1) is 0 Å². The van der Waals surface area contributed by atoms with Crippen molar-refractivity contribution in [3.05, 3.63) is 118 Å². The predicted octanol–water partition coefficient (Wildman–Crippen LogP) is 6.16. The largest absolute Gasteiger partial charge is 0.381 e. The molecular weight excluding hydrogens is 512 g/mol. The van der Waals surface area contributed by atoms with Crippen LogP contribution in [0.1, 0.15) is 21.5 Å². The third-order valence-corrected chi connectivity index (χ3v) is 7.21. The van der Waals surface area contributed by atoms with Gasteiger partial charge in [0.05, 0.1) is 4.90 Å². The summed E-state index contributed by atoms with van der Waals surface area (Å²) in [6.07, 6.45) is 0. The minimum atomic E-state index is -4.00. The van der Waals surface area contributed by atoms with Gasteiger partial charge in [-0.05, 0) is 72.1 Å². The zero-order valence-corrected chi connectivity index (χ0v) is 20.9. The van der Waals surface area contributed by atoms with E-state index in [2.05, 4.69) is 26.0 Å². The van der Waals surface area contributed by atoms with E-state index < -0.39 is 15.9 Å². The van der Waals surface area contributed by atoms with E-state index in [1.165, 1.54) is 17.7 Å². The third kappa shape index (κ3) is 5.92. The van der Waals surface area contributed by atoms with Crippen molar-refractivity contribution in [3.63, 3.8) is 0 Å². The molecule has 0 saturated carbocycles. The molecule has 0 aliphatic carbocycles. The van der Waals surface area contributed by atoms with Gasteiger partial charge >= 0.3 is 0 Å². The lowest BCUT2D eigenvalue weighted by molar-refractivity contribution is 0.0981. The summed E-state index contributed by atoms with van der Waals surface area (Å²) < 4.78 is 28.6. The number of halogens is 1. The van der Waals surface area contributed by atoms with Crippen LogP contribution in [-0.2, 0) is 16.6 Å². The van der Waals surface area contributed by atoms with E-state index in [4.69, 9.17) is 0 Å².